The van der Waals surface area contributed by atoms with Gasteiger partial charge < -0.3 is 10.6 Å². The molecule has 1 aromatic heterocycles. The van der Waals surface area contributed by atoms with Crippen LogP contribution in [0, 0.1) is 0 Å². The first kappa shape index (κ1) is 8.50. The minimum Gasteiger partial charge on any atom is -0.368 e. The first-order valence-electron chi connectivity index (χ1n) is 3.95. The maximum Gasteiger partial charge on any atom is 0.226 e. The van der Waals surface area contributed by atoms with Gasteiger partial charge in [-0.15, -0.1) is 0 Å². The Morgan fingerprint density at radius 2 is 2.38 bits per heavy atom. The second-order valence-electron chi connectivity index (χ2n) is 2.77. The van der Waals surface area contributed by atoms with Crippen molar-refractivity contribution in [2.45, 2.75) is 6.42 Å². The summed E-state index contributed by atoms with van der Waals surface area (Å²) >= 11 is 3.29. The molecular formula is C8H8BrN3O. The van der Waals surface area contributed by atoms with Gasteiger partial charge in [0.1, 0.15) is 5.82 Å². The van der Waals surface area contributed by atoms with Crippen molar-refractivity contribution in [2.24, 2.45) is 0 Å². The monoisotopic (exact) mass is 241 g/mol. The number of pyridine rings is 1. The molecule has 13 heavy (non-hydrogen) atoms. The van der Waals surface area contributed by atoms with Crippen LogP contribution >= 0.6 is 15.9 Å². The Morgan fingerprint density at radius 3 is 3.23 bits per heavy atom. The van der Waals surface area contributed by atoms with Crippen molar-refractivity contribution >= 4 is 33.3 Å². The fourth-order valence-corrected chi connectivity index (χ4v) is 1.51. The van der Waals surface area contributed by atoms with Crippen molar-refractivity contribution in [2.75, 3.05) is 17.2 Å². The first-order chi connectivity index (χ1) is 6.25. The summed E-state index contributed by atoms with van der Waals surface area (Å²) in [5.74, 6) is 0.750. The van der Waals surface area contributed by atoms with Crippen molar-refractivity contribution in [3.63, 3.8) is 0 Å². The Bertz CT molecular complexity index is 353. The molecule has 1 aliphatic heterocycles. The number of rotatable bonds is 0. The summed E-state index contributed by atoms with van der Waals surface area (Å²) < 4.78 is 0.857. The molecule has 0 fully saturated rings. The second-order valence-corrected chi connectivity index (χ2v) is 3.69. The minimum atomic E-state index is 0.0196. The van der Waals surface area contributed by atoms with Gasteiger partial charge >= 0.3 is 0 Å². The topological polar surface area (TPSA) is 54.0 Å². The first-order valence-corrected chi connectivity index (χ1v) is 4.74. The van der Waals surface area contributed by atoms with E-state index < -0.39 is 0 Å². The molecule has 0 spiro atoms. The second kappa shape index (κ2) is 3.33. The van der Waals surface area contributed by atoms with Crippen molar-refractivity contribution in [1.29, 1.82) is 0 Å². The summed E-state index contributed by atoms with van der Waals surface area (Å²) in [5.41, 5.74) is 0.733. The Labute approximate surface area is 83.9 Å². The molecule has 2 rings (SSSR count). The lowest BCUT2D eigenvalue weighted by molar-refractivity contribution is -0.115. The molecule has 1 amide bonds. The van der Waals surface area contributed by atoms with Gasteiger partial charge in [0.25, 0.3) is 0 Å². The summed E-state index contributed by atoms with van der Waals surface area (Å²) in [6.45, 7) is 0.632. The Morgan fingerprint density at radius 1 is 1.54 bits per heavy atom. The number of carbonyl (C=O) groups excluding carboxylic acids is 1. The van der Waals surface area contributed by atoms with Crippen LogP contribution < -0.4 is 10.6 Å². The van der Waals surface area contributed by atoms with E-state index in [4.69, 9.17) is 0 Å². The Kier molecular flexibility index (Phi) is 2.18. The average Bonchev–Trinajstić information content (AvgIpc) is 2.25. The molecule has 1 aromatic rings. The van der Waals surface area contributed by atoms with E-state index in [-0.39, 0.29) is 5.91 Å². The number of nitrogens with one attached hydrogen (secondary N) is 2. The standard InChI is InChI=1S/C8H8BrN3O/c9-5-3-6-8(11-4-5)10-2-1-7(13)12-6/h3-4H,1-2H2,(H,10,11)(H,12,13). The molecule has 0 aliphatic carbocycles. The van der Waals surface area contributed by atoms with Gasteiger partial charge in [0, 0.05) is 23.6 Å². The smallest absolute Gasteiger partial charge is 0.226 e. The van der Waals surface area contributed by atoms with E-state index in [0.717, 1.165) is 16.0 Å². The van der Waals surface area contributed by atoms with Gasteiger partial charge in [-0.3, -0.25) is 4.79 Å². The molecule has 0 unspecified atom stereocenters. The molecule has 68 valence electrons. The van der Waals surface area contributed by atoms with Crippen LogP contribution in [0.5, 0.6) is 0 Å². The van der Waals surface area contributed by atoms with Crippen molar-refractivity contribution in [3.8, 4) is 0 Å². The van der Waals surface area contributed by atoms with E-state index in [1.54, 1.807) is 6.20 Å². The summed E-state index contributed by atoms with van der Waals surface area (Å²) in [6.07, 6.45) is 2.18. The molecule has 0 radical (unpaired) electrons. The number of nitrogens with zero attached hydrogens (tertiary/aromatic N) is 1. The van der Waals surface area contributed by atoms with Crippen LogP contribution in [0.25, 0.3) is 0 Å². The molecule has 1 aliphatic rings. The van der Waals surface area contributed by atoms with Gasteiger partial charge in [0.15, 0.2) is 0 Å². The van der Waals surface area contributed by atoms with E-state index in [0.29, 0.717) is 13.0 Å². The number of fused-ring (bicyclic) bond motifs is 1. The van der Waals surface area contributed by atoms with Crippen LogP contribution in [0.15, 0.2) is 16.7 Å². The van der Waals surface area contributed by atoms with Gasteiger partial charge in [-0.1, -0.05) is 0 Å². The van der Waals surface area contributed by atoms with Crippen LogP contribution in [0.3, 0.4) is 0 Å². The molecule has 0 atom stereocenters. The Hall–Kier alpha value is -1.10. The van der Waals surface area contributed by atoms with E-state index in [2.05, 4.69) is 31.5 Å². The number of hydrogen-bond donors (Lipinski definition) is 2. The third kappa shape index (κ3) is 1.80. The fraction of sp³-hybridized carbons (Fsp3) is 0.250. The SMILES string of the molecule is O=C1CCNc2ncc(Br)cc2N1. The van der Waals surface area contributed by atoms with Gasteiger partial charge in [-0.25, -0.2) is 4.98 Å². The van der Waals surface area contributed by atoms with E-state index in [1.807, 2.05) is 6.07 Å². The largest absolute Gasteiger partial charge is 0.368 e. The molecule has 0 bridgehead atoms. The van der Waals surface area contributed by atoms with Gasteiger partial charge in [-0.2, -0.15) is 0 Å². The number of carbonyl (C=O) groups is 1. The van der Waals surface area contributed by atoms with Crippen LogP contribution in [0.4, 0.5) is 11.5 Å². The van der Waals surface area contributed by atoms with Crippen molar-refractivity contribution < 1.29 is 4.79 Å². The highest BCUT2D eigenvalue weighted by Gasteiger charge is 2.12. The van der Waals surface area contributed by atoms with E-state index in [1.165, 1.54) is 0 Å². The molecular weight excluding hydrogens is 234 g/mol. The summed E-state index contributed by atoms with van der Waals surface area (Å²) in [7, 11) is 0. The highest BCUT2D eigenvalue weighted by Crippen LogP contribution is 2.24. The van der Waals surface area contributed by atoms with Crippen LogP contribution in [0.2, 0.25) is 0 Å². The van der Waals surface area contributed by atoms with Crippen LogP contribution in [0.1, 0.15) is 6.42 Å². The lowest BCUT2D eigenvalue weighted by atomic mass is 10.4. The normalized spacial score (nSPS) is 15.3. The average molecular weight is 242 g/mol. The number of aromatic nitrogens is 1. The number of amides is 1. The third-order valence-corrected chi connectivity index (χ3v) is 2.21. The van der Waals surface area contributed by atoms with Gasteiger partial charge in [0.2, 0.25) is 5.91 Å². The molecule has 0 saturated heterocycles. The van der Waals surface area contributed by atoms with Crippen LogP contribution in [-0.4, -0.2) is 17.4 Å². The predicted molar refractivity (Wildman–Crippen MR) is 53.7 cm³/mol. The Balaban J connectivity index is 2.40. The molecule has 0 saturated carbocycles. The quantitative estimate of drug-likeness (QED) is 0.726. The minimum absolute atomic E-state index is 0.0196. The maximum atomic E-state index is 11.2. The number of anilines is 2. The zero-order chi connectivity index (χ0) is 9.26. The maximum absolute atomic E-state index is 11.2. The van der Waals surface area contributed by atoms with Crippen molar-refractivity contribution in [1.82, 2.24) is 4.98 Å². The molecule has 5 heteroatoms. The van der Waals surface area contributed by atoms with Crippen molar-refractivity contribution in [3.05, 3.63) is 16.7 Å². The molecule has 2 N–H and O–H groups in total. The summed E-state index contributed by atoms with van der Waals surface area (Å²) in [6, 6.07) is 1.83. The lowest BCUT2D eigenvalue weighted by Crippen LogP contribution is -2.10. The number of hydrogen-bond acceptors (Lipinski definition) is 3. The zero-order valence-corrected chi connectivity index (χ0v) is 8.39. The highest BCUT2D eigenvalue weighted by molar-refractivity contribution is 9.10. The summed E-state index contributed by atoms with van der Waals surface area (Å²) in [5, 5.41) is 5.84. The lowest BCUT2D eigenvalue weighted by Gasteiger charge is -2.05. The van der Waals surface area contributed by atoms with E-state index >= 15 is 0 Å². The van der Waals surface area contributed by atoms with Crippen LogP contribution in [-0.2, 0) is 4.79 Å². The fourth-order valence-electron chi connectivity index (χ4n) is 1.18. The van der Waals surface area contributed by atoms with Gasteiger partial charge in [-0.05, 0) is 22.0 Å². The molecule has 4 nitrogen and oxygen atoms in total. The zero-order valence-electron chi connectivity index (χ0n) is 6.80. The molecule has 0 aromatic carbocycles. The summed E-state index contributed by atoms with van der Waals surface area (Å²) in [4.78, 5) is 15.3. The third-order valence-electron chi connectivity index (χ3n) is 1.77. The van der Waals surface area contributed by atoms with Gasteiger partial charge in [0.05, 0.1) is 5.69 Å². The molecule has 2 heterocycles. The highest BCUT2D eigenvalue weighted by atomic mass is 79.9. The number of halogens is 1. The van der Waals surface area contributed by atoms with E-state index in [9.17, 15) is 4.79 Å². The predicted octanol–water partition coefficient (Wildman–Crippen LogP) is 1.60.